The number of fused-ring (bicyclic) bond motifs is 1. The van der Waals surface area contributed by atoms with Gasteiger partial charge in [0.05, 0.1) is 5.69 Å². The van der Waals surface area contributed by atoms with Crippen molar-refractivity contribution in [2.75, 3.05) is 13.1 Å². The highest BCUT2D eigenvalue weighted by molar-refractivity contribution is 5.80. The van der Waals surface area contributed by atoms with Crippen LogP contribution >= 0.6 is 0 Å². The molecule has 0 spiro atoms. The first-order valence-corrected chi connectivity index (χ1v) is 7.93. The van der Waals surface area contributed by atoms with E-state index in [9.17, 15) is 4.79 Å². The van der Waals surface area contributed by atoms with Crippen molar-refractivity contribution in [3.8, 4) is 11.6 Å². The second-order valence-electron chi connectivity index (χ2n) is 5.78. The lowest BCUT2D eigenvalue weighted by molar-refractivity contribution is 0.150. The summed E-state index contributed by atoms with van der Waals surface area (Å²) in [6.45, 7) is 0.834. The van der Waals surface area contributed by atoms with Gasteiger partial charge < -0.3 is 19.7 Å². The van der Waals surface area contributed by atoms with Gasteiger partial charge in [-0.05, 0) is 36.3 Å². The van der Waals surface area contributed by atoms with Crippen LogP contribution in [0.4, 0.5) is 4.79 Å². The van der Waals surface area contributed by atoms with Crippen LogP contribution in [0.5, 0.6) is 11.6 Å². The highest BCUT2D eigenvalue weighted by atomic mass is 16.5. The van der Waals surface area contributed by atoms with Gasteiger partial charge in [-0.15, -0.1) is 0 Å². The number of amides is 1. The van der Waals surface area contributed by atoms with Crippen molar-refractivity contribution in [3.63, 3.8) is 0 Å². The van der Waals surface area contributed by atoms with E-state index < -0.39 is 6.09 Å². The molecule has 0 bridgehead atoms. The molecule has 3 heterocycles. The molecule has 0 saturated carbocycles. The molecule has 0 atom stereocenters. The minimum Gasteiger partial charge on any atom is -0.465 e. The fourth-order valence-corrected chi connectivity index (χ4v) is 2.86. The molecule has 0 fully saturated rings. The molecule has 1 aromatic carbocycles. The average molecular weight is 336 g/mol. The second kappa shape index (κ2) is 6.27. The van der Waals surface area contributed by atoms with Gasteiger partial charge >= 0.3 is 6.09 Å². The Bertz CT molecular complexity index is 964. The van der Waals surface area contributed by atoms with Gasteiger partial charge in [0.1, 0.15) is 12.1 Å². The number of rotatable bonds is 3. The van der Waals surface area contributed by atoms with Gasteiger partial charge in [-0.3, -0.25) is 0 Å². The van der Waals surface area contributed by atoms with Crippen LogP contribution in [0.15, 0.2) is 48.9 Å². The summed E-state index contributed by atoms with van der Waals surface area (Å²) in [5.74, 6) is 1.16. The van der Waals surface area contributed by atoms with E-state index in [4.69, 9.17) is 9.84 Å². The van der Waals surface area contributed by atoms with E-state index in [2.05, 4.69) is 15.0 Å². The molecule has 25 heavy (non-hydrogen) atoms. The van der Waals surface area contributed by atoms with Crippen molar-refractivity contribution in [2.45, 2.75) is 6.42 Å². The number of aromatic amines is 1. The predicted octanol–water partition coefficient (Wildman–Crippen LogP) is 3.52. The van der Waals surface area contributed by atoms with Gasteiger partial charge in [-0.1, -0.05) is 6.08 Å². The number of carboxylic acid groups (broad SMARTS) is 1. The predicted molar refractivity (Wildman–Crippen MR) is 92.6 cm³/mol. The van der Waals surface area contributed by atoms with Crippen molar-refractivity contribution < 1.29 is 14.6 Å². The molecule has 1 aliphatic rings. The second-order valence-corrected chi connectivity index (χ2v) is 5.78. The minimum absolute atomic E-state index is 0.370. The number of carbonyl (C=O) groups is 1. The molecular weight excluding hydrogens is 320 g/mol. The maximum Gasteiger partial charge on any atom is 0.407 e. The third-order valence-electron chi connectivity index (χ3n) is 4.20. The van der Waals surface area contributed by atoms with Crippen LogP contribution < -0.4 is 4.74 Å². The zero-order valence-electron chi connectivity index (χ0n) is 13.3. The van der Waals surface area contributed by atoms with Gasteiger partial charge in [0.15, 0.2) is 0 Å². The summed E-state index contributed by atoms with van der Waals surface area (Å²) in [4.78, 5) is 23.9. The number of ether oxygens (including phenoxy) is 1. The molecule has 7 heteroatoms. The number of hydrogen-bond acceptors (Lipinski definition) is 4. The van der Waals surface area contributed by atoms with Gasteiger partial charge in [0, 0.05) is 36.3 Å². The number of benzene rings is 1. The molecule has 126 valence electrons. The average Bonchev–Trinajstić information content (AvgIpc) is 3.10. The van der Waals surface area contributed by atoms with Crippen LogP contribution in [-0.2, 0) is 0 Å². The maximum atomic E-state index is 11.0. The van der Waals surface area contributed by atoms with E-state index in [-0.39, 0.29) is 0 Å². The molecule has 7 nitrogen and oxygen atoms in total. The largest absolute Gasteiger partial charge is 0.465 e. The molecule has 3 aromatic rings. The third-order valence-corrected chi connectivity index (χ3v) is 4.20. The summed E-state index contributed by atoms with van der Waals surface area (Å²) in [5, 5.41) is 10.1. The minimum atomic E-state index is -0.901. The fourth-order valence-electron chi connectivity index (χ4n) is 2.86. The zero-order valence-corrected chi connectivity index (χ0v) is 13.3. The molecule has 0 saturated heterocycles. The van der Waals surface area contributed by atoms with Gasteiger partial charge in [0.25, 0.3) is 0 Å². The molecule has 0 unspecified atom stereocenters. The third kappa shape index (κ3) is 3.16. The molecule has 1 amide bonds. The van der Waals surface area contributed by atoms with Crippen molar-refractivity contribution in [1.82, 2.24) is 19.9 Å². The Morgan fingerprint density at radius 3 is 2.96 bits per heavy atom. The molecular formula is C18H16N4O3. The van der Waals surface area contributed by atoms with Crippen LogP contribution in [0.1, 0.15) is 12.1 Å². The summed E-state index contributed by atoms with van der Waals surface area (Å²) >= 11 is 0. The van der Waals surface area contributed by atoms with Crippen molar-refractivity contribution in [2.24, 2.45) is 0 Å². The molecule has 4 rings (SSSR count). The highest BCUT2D eigenvalue weighted by Gasteiger charge is 2.17. The quantitative estimate of drug-likeness (QED) is 0.763. The van der Waals surface area contributed by atoms with Crippen molar-refractivity contribution >= 4 is 22.6 Å². The van der Waals surface area contributed by atoms with E-state index >= 15 is 0 Å². The van der Waals surface area contributed by atoms with E-state index in [1.807, 2.05) is 36.5 Å². The monoisotopic (exact) mass is 336 g/mol. The maximum absolute atomic E-state index is 11.0. The first kappa shape index (κ1) is 15.2. The van der Waals surface area contributed by atoms with Gasteiger partial charge in [-0.2, -0.15) is 0 Å². The van der Waals surface area contributed by atoms with E-state index in [0.29, 0.717) is 31.1 Å². The summed E-state index contributed by atoms with van der Waals surface area (Å²) in [5.41, 5.74) is 2.81. The van der Waals surface area contributed by atoms with E-state index in [1.165, 1.54) is 11.2 Å². The van der Waals surface area contributed by atoms with Crippen LogP contribution in [0, 0.1) is 0 Å². The zero-order chi connectivity index (χ0) is 17.2. The van der Waals surface area contributed by atoms with Gasteiger partial charge in [-0.25, -0.2) is 14.8 Å². The first-order valence-electron chi connectivity index (χ1n) is 7.93. The summed E-state index contributed by atoms with van der Waals surface area (Å²) < 4.78 is 5.85. The van der Waals surface area contributed by atoms with Crippen molar-refractivity contribution in [3.05, 3.63) is 54.6 Å². The van der Waals surface area contributed by atoms with E-state index in [1.54, 1.807) is 6.07 Å². The molecule has 2 N–H and O–H groups in total. The molecule has 2 aromatic heterocycles. The Morgan fingerprint density at radius 2 is 2.16 bits per heavy atom. The Hall–Kier alpha value is -3.35. The van der Waals surface area contributed by atoms with E-state index in [0.717, 1.165) is 22.2 Å². The van der Waals surface area contributed by atoms with Gasteiger partial charge in [0.2, 0.25) is 5.88 Å². The van der Waals surface area contributed by atoms with Crippen LogP contribution in [0.3, 0.4) is 0 Å². The fraction of sp³-hybridized carbons (Fsp3) is 0.167. The number of nitrogens with one attached hydrogen (secondary N) is 1. The Kier molecular flexibility index (Phi) is 3.81. The Labute approximate surface area is 143 Å². The lowest BCUT2D eigenvalue weighted by Crippen LogP contribution is -2.33. The summed E-state index contributed by atoms with van der Waals surface area (Å²) in [6, 6.07) is 9.54. The Balaban J connectivity index is 1.54. The Morgan fingerprint density at radius 1 is 1.24 bits per heavy atom. The highest BCUT2D eigenvalue weighted by Crippen LogP contribution is 2.27. The van der Waals surface area contributed by atoms with Crippen LogP contribution in [0.25, 0.3) is 16.5 Å². The summed E-state index contributed by atoms with van der Waals surface area (Å²) in [7, 11) is 0. The lowest BCUT2D eigenvalue weighted by Gasteiger charge is -2.23. The molecule has 0 radical (unpaired) electrons. The SMILES string of the molecule is O=C(O)N1CC=C(c2cc(Oc3ccc4[nH]ccc4c3)ncn2)CC1. The lowest BCUT2D eigenvalue weighted by atomic mass is 10.0. The molecule has 0 aliphatic carbocycles. The topological polar surface area (TPSA) is 91.3 Å². The number of H-pyrrole nitrogens is 1. The first-order chi connectivity index (χ1) is 12.2. The molecule has 1 aliphatic heterocycles. The standard InChI is InChI=1S/C18H16N4O3/c23-18(24)22-7-4-12(5-8-22)16-10-17(21-11-20-16)25-14-1-2-15-13(9-14)3-6-19-15/h1-4,6,9-11,19H,5,7-8H2,(H,23,24). The number of hydrogen-bond donors (Lipinski definition) is 2. The smallest absolute Gasteiger partial charge is 0.407 e. The van der Waals surface area contributed by atoms with Crippen LogP contribution in [0.2, 0.25) is 0 Å². The van der Waals surface area contributed by atoms with Crippen LogP contribution in [-0.4, -0.2) is 44.1 Å². The number of nitrogens with zero attached hydrogens (tertiary/aromatic N) is 3. The number of aromatic nitrogens is 3. The normalized spacial score (nSPS) is 14.4. The van der Waals surface area contributed by atoms with Crippen molar-refractivity contribution in [1.29, 1.82) is 0 Å². The summed E-state index contributed by atoms with van der Waals surface area (Å²) in [6.07, 6.45) is 4.95.